The highest BCUT2D eigenvalue weighted by Gasteiger charge is 2.15. The fraction of sp³-hybridized carbons (Fsp3) is 0.0833. The predicted molar refractivity (Wildman–Crippen MR) is 135 cm³/mol. The monoisotopic (exact) mass is 533 g/mol. The number of hydrazone groups is 1. The van der Waals surface area contributed by atoms with Gasteiger partial charge in [-0.1, -0.05) is 34.8 Å². The van der Waals surface area contributed by atoms with Crippen molar-refractivity contribution < 1.29 is 23.9 Å². The van der Waals surface area contributed by atoms with Crippen LogP contribution in [-0.4, -0.2) is 30.6 Å². The van der Waals surface area contributed by atoms with Crippen LogP contribution in [0.15, 0.2) is 65.8 Å². The smallest absolute Gasteiger partial charge is 0.343 e. The third kappa shape index (κ3) is 7.45. The topological polar surface area (TPSA) is 106 Å². The van der Waals surface area contributed by atoms with Gasteiger partial charge in [-0.2, -0.15) is 5.10 Å². The number of carbonyl (C=O) groups is 3. The number of rotatable bonds is 7. The second-order valence-corrected chi connectivity index (χ2v) is 8.07. The van der Waals surface area contributed by atoms with Crippen LogP contribution in [0.5, 0.6) is 11.5 Å². The first kappa shape index (κ1) is 26.0. The van der Waals surface area contributed by atoms with Crippen molar-refractivity contribution in [2.24, 2.45) is 5.10 Å². The minimum Gasteiger partial charge on any atom is -0.490 e. The van der Waals surface area contributed by atoms with Crippen molar-refractivity contribution in [2.75, 3.05) is 11.9 Å². The number of carbonyl (C=O) groups excluding carboxylic acids is 3. The molecule has 0 radical (unpaired) electrons. The zero-order chi connectivity index (χ0) is 25.4. The van der Waals surface area contributed by atoms with Crippen molar-refractivity contribution in [3.8, 4) is 11.5 Å². The van der Waals surface area contributed by atoms with Gasteiger partial charge in [-0.3, -0.25) is 9.59 Å². The fourth-order valence-corrected chi connectivity index (χ4v) is 3.10. The molecule has 0 heterocycles. The van der Waals surface area contributed by atoms with Crippen LogP contribution in [0.1, 0.15) is 22.8 Å². The number of anilines is 1. The predicted octanol–water partition coefficient (Wildman–Crippen LogP) is 5.35. The van der Waals surface area contributed by atoms with E-state index in [9.17, 15) is 14.4 Å². The van der Waals surface area contributed by atoms with E-state index in [4.69, 9.17) is 44.3 Å². The molecule has 180 valence electrons. The molecule has 0 aliphatic heterocycles. The molecule has 0 bridgehead atoms. The Balaban J connectivity index is 1.63. The van der Waals surface area contributed by atoms with Crippen LogP contribution in [0, 0.1) is 0 Å². The lowest BCUT2D eigenvalue weighted by Crippen LogP contribution is -2.32. The van der Waals surface area contributed by atoms with Crippen LogP contribution in [0.4, 0.5) is 5.69 Å². The summed E-state index contributed by atoms with van der Waals surface area (Å²) >= 11 is 17.6. The lowest BCUT2D eigenvalue weighted by atomic mass is 10.2. The molecule has 0 aliphatic carbocycles. The number of esters is 1. The van der Waals surface area contributed by atoms with E-state index in [1.165, 1.54) is 30.5 Å². The molecule has 35 heavy (non-hydrogen) atoms. The second kappa shape index (κ2) is 12.2. The molecule has 0 atom stereocenters. The number of nitrogens with one attached hydrogen (secondary N) is 2. The molecule has 0 saturated carbocycles. The van der Waals surface area contributed by atoms with Gasteiger partial charge in [0, 0.05) is 10.7 Å². The largest absolute Gasteiger partial charge is 0.490 e. The zero-order valence-electron chi connectivity index (χ0n) is 18.2. The van der Waals surface area contributed by atoms with Crippen molar-refractivity contribution in [1.82, 2.24) is 5.43 Å². The van der Waals surface area contributed by atoms with Gasteiger partial charge >= 0.3 is 17.8 Å². The highest BCUT2D eigenvalue weighted by atomic mass is 35.5. The van der Waals surface area contributed by atoms with Gasteiger partial charge in [0.2, 0.25) is 0 Å². The van der Waals surface area contributed by atoms with Crippen molar-refractivity contribution in [1.29, 1.82) is 0 Å². The summed E-state index contributed by atoms with van der Waals surface area (Å²) in [4.78, 5) is 36.4. The van der Waals surface area contributed by atoms with E-state index in [2.05, 4.69) is 15.8 Å². The number of ether oxygens (including phenoxy) is 2. The van der Waals surface area contributed by atoms with Crippen LogP contribution in [-0.2, 0) is 9.59 Å². The molecule has 0 aliphatic rings. The van der Waals surface area contributed by atoms with Crippen LogP contribution < -0.4 is 20.2 Å². The van der Waals surface area contributed by atoms with E-state index >= 15 is 0 Å². The average Bonchev–Trinajstić information content (AvgIpc) is 2.83. The Bertz CT molecular complexity index is 1280. The number of halogens is 3. The summed E-state index contributed by atoms with van der Waals surface area (Å²) in [5.41, 5.74) is 3.27. The fourth-order valence-electron chi connectivity index (χ4n) is 2.68. The normalized spacial score (nSPS) is 10.6. The summed E-state index contributed by atoms with van der Waals surface area (Å²) in [7, 11) is 0. The molecule has 8 nitrogen and oxygen atoms in total. The number of amides is 2. The molecular formula is C24H18Cl3N3O5. The maximum Gasteiger partial charge on any atom is 0.343 e. The highest BCUT2D eigenvalue weighted by Crippen LogP contribution is 2.29. The van der Waals surface area contributed by atoms with E-state index in [0.29, 0.717) is 39.2 Å². The van der Waals surface area contributed by atoms with Gasteiger partial charge in [-0.15, -0.1) is 0 Å². The Morgan fingerprint density at radius 2 is 1.63 bits per heavy atom. The van der Waals surface area contributed by atoms with Gasteiger partial charge in [0.15, 0.2) is 11.5 Å². The maximum absolute atomic E-state index is 12.4. The van der Waals surface area contributed by atoms with Gasteiger partial charge in [-0.25, -0.2) is 10.2 Å². The molecule has 0 saturated heterocycles. The summed E-state index contributed by atoms with van der Waals surface area (Å²) in [6.45, 7) is 2.09. The SMILES string of the molecule is CCOc1cc(/C=N/NC(=O)C(=O)Nc2ccc(Cl)c(Cl)c2)ccc1OC(=O)c1ccc(Cl)cc1. The molecule has 0 unspecified atom stereocenters. The Hall–Kier alpha value is -3.59. The summed E-state index contributed by atoms with van der Waals surface area (Å²) in [6, 6.07) is 15.4. The van der Waals surface area contributed by atoms with Gasteiger partial charge in [0.1, 0.15) is 0 Å². The van der Waals surface area contributed by atoms with Gasteiger partial charge in [0.25, 0.3) is 0 Å². The lowest BCUT2D eigenvalue weighted by molar-refractivity contribution is -0.136. The van der Waals surface area contributed by atoms with Crippen LogP contribution in [0.2, 0.25) is 15.1 Å². The molecule has 3 aromatic rings. The molecule has 3 rings (SSSR count). The third-order valence-corrected chi connectivity index (χ3v) is 5.30. The molecule has 3 aromatic carbocycles. The zero-order valence-corrected chi connectivity index (χ0v) is 20.4. The highest BCUT2D eigenvalue weighted by molar-refractivity contribution is 6.43. The lowest BCUT2D eigenvalue weighted by Gasteiger charge is -2.11. The van der Waals surface area contributed by atoms with Crippen molar-refractivity contribution in [3.63, 3.8) is 0 Å². The van der Waals surface area contributed by atoms with Gasteiger partial charge in [0.05, 0.1) is 28.4 Å². The number of hydrogen-bond donors (Lipinski definition) is 2. The third-order valence-electron chi connectivity index (χ3n) is 4.31. The first-order valence-corrected chi connectivity index (χ1v) is 11.2. The van der Waals surface area contributed by atoms with Crippen molar-refractivity contribution in [3.05, 3.63) is 86.9 Å². The van der Waals surface area contributed by atoms with Crippen molar-refractivity contribution in [2.45, 2.75) is 6.92 Å². The molecular weight excluding hydrogens is 517 g/mol. The number of nitrogens with zero attached hydrogens (tertiary/aromatic N) is 1. The molecule has 0 spiro atoms. The maximum atomic E-state index is 12.4. The Labute approximate surface area is 215 Å². The van der Waals surface area contributed by atoms with Gasteiger partial charge < -0.3 is 14.8 Å². The second-order valence-electron chi connectivity index (χ2n) is 6.82. The van der Waals surface area contributed by atoms with Crippen LogP contribution in [0.25, 0.3) is 0 Å². The average molecular weight is 535 g/mol. The Morgan fingerprint density at radius 1 is 0.886 bits per heavy atom. The Kier molecular flexibility index (Phi) is 9.08. The summed E-state index contributed by atoms with van der Waals surface area (Å²) in [5, 5.41) is 7.20. The van der Waals surface area contributed by atoms with E-state index in [0.717, 1.165) is 0 Å². The van der Waals surface area contributed by atoms with Crippen LogP contribution >= 0.6 is 34.8 Å². The minimum absolute atomic E-state index is 0.203. The first-order valence-electron chi connectivity index (χ1n) is 10.1. The summed E-state index contributed by atoms with van der Waals surface area (Å²) in [5.74, 6) is -2.02. The number of hydrogen-bond acceptors (Lipinski definition) is 6. The molecule has 11 heteroatoms. The molecule has 0 fully saturated rings. The molecule has 2 N–H and O–H groups in total. The summed E-state index contributed by atoms with van der Waals surface area (Å²) < 4.78 is 11.0. The van der Waals surface area contributed by atoms with Crippen molar-refractivity contribution >= 4 is 64.5 Å². The number of benzene rings is 3. The van der Waals surface area contributed by atoms with E-state index in [1.807, 2.05) is 0 Å². The quantitative estimate of drug-likeness (QED) is 0.140. The first-order chi connectivity index (χ1) is 16.8. The summed E-state index contributed by atoms with van der Waals surface area (Å²) in [6.07, 6.45) is 1.30. The standard InChI is InChI=1S/C24H18Cl3N3O5/c1-2-34-21-11-14(3-10-20(21)35-24(33)15-4-6-16(25)7-5-15)13-28-30-23(32)22(31)29-17-8-9-18(26)19(27)12-17/h3-13H,2H2,1H3,(H,29,31)(H,30,32)/b28-13+. The Morgan fingerprint density at radius 3 is 2.31 bits per heavy atom. The minimum atomic E-state index is -0.995. The van der Waals surface area contributed by atoms with Gasteiger partial charge in [-0.05, 0) is 73.2 Å². The van der Waals surface area contributed by atoms with E-state index < -0.39 is 17.8 Å². The molecule has 0 aromatic heterocycles. The molecule has 2 amide bonds. The van der Waals surface area contributed by atoms with E-state index in [-0.39, 0.29) is 10.8 Å². The van der Waals surface area contributed by atoms with E-state index in [1.54, 1.807) is 43.3 Å². The van der Waals surface area contributed by atoms with Crippen LogP contribution in [0.3, 0.4) is 0 Å².